The normalized spacial score (nSPS) is 10.9. The lowest BCUT2D eigenvalue weighted by Crippen LogP contribution is -2.22. The van der Waals surface area contributed by atoms with Crippen molar-refractivity contribution in [2.75, 3.05) is 0 Å². The largest absolute Gasteiger partial charge is 0.493 e. The van der Waals surface area contributed by atoms with Gasteiger partial charge in [-0.15, -0.1) is 0 Å². The summed E-state index contributed by atoms with van der Waals surface area (Å²) < 4.78 is 1.39. The lowest BCUT2D eigenvalue weighted by Gasteiger charge is -2.12. The van der Waals surface area contributed by atoms with E-state index < -0.39 is 5.69 Å². The lowest BCUT2D eigenvalue weighted by molar-refractivity contribution is 0.456. The summed E-state index contributed by atoms with van der Waals surface area (Å²) in [5.41, 5.74) is 1.21. The molecule has 0 unspecified atom stereocenters. The number of nitrogens with zero attached hydrogens (tertiary/aromatic N) is 3. The van der Waals surface area contributed by atoms with Crippen LogP contribution in [-0.2, 0) is 0 Å². The van der Waals surface area contributed by atoms with E-state index in [9.17, 15) is 9.90 Å². The molecule has 5 nitrogen and oxygen atoms in total. The van der Waals surface area contributed by atoms with E-state index in [4.69, 9.17) is 11.6 Å². The maximum atomic E-state index is 12.1. The number of hydrogen-bond acceptors (Lipinski definition) is 4. The van der Waals surface area contributed by atoms with E-state index in [-0.39, 0.29) is 5.88 Å². The van der Waals surface area contributed by atoms with Crippen LogP contribution in [0.15, 0.2) is 41.3 Å². The van der Waals surface area contributed by atoms with Crippen LogP contribution >= 0.6 is 11.6 Å². The molecule has 0 spiro atoms. The van der Waals surface area contributed by atoms with Crippen molar-refractivity contribution in [2.45, 2.75) is 6.92 Å². The monoisotopic (exact) mass is 287 g/mol. The van der Waals surface area contributed by atoms with Crippen molar-refractivity contribution in [3.63, 3.8) is 0 Å². The second-order valence-electron chi connectivity index (χ2n) is 4.32. The molecule has 0 bridgehead atoms. The van der Waals surface area contributed by atoms with Crippen molar-refractivity contribution < 1.29 is 5.11 Å². The summed E-state index contributed by atoms with van der Waals surface area (Å²) in [5.74, 6) is -0.306. The van der Waals surface area contributed by atoms with Crippen molar-refractivity contribution in [3.8, 4) is 11.6 Å². The third-order valence-corrected chi connectivity index (χ3v) is 3.29. The fourth-order valence-corrected chi connectivity index (χ4v) is 2.29. The molecular formula is C14H10ClN3O2. The van der Waals surface area contributed by atoms with Crippen molar-refractivity contribution in [3.05, 3.63) is 57.7 Å². The molecule has 2 heterocycles. The first-order valence-corrected chi connectivity index (χ1v) is 6.29. The summed E-state index contributed by atoms with van der Waals surface area (Å²) in [6, 6.07) is 8.38. The average molecular weight is 288 g/mol. The minimum Gasteiger partial charge on any atom is -0.493 e. The summed E-state index contributed by atoms with van der Waals surface area (Å²) in [7, 11) is 0. The molecule has 3 rings (SSSR count). The summed E-state index contributed by atoms with van der Waals surface area (Å²) in [6.45, 7) is 1.80. The topological polar surface area (TPSA) is 68.0 Å². The molecule has 100 valence electrons. The van der Waals surface area contributed by atoms with Gasteiger partial charge in [-0.2, -0.15) is 4.98 Å². The van der Waals surface area contributed by atoms with Crippen LogP contribution in [0.1, 0.15) is 5.69 Å². The van der Waals surface area contributed by atoms with Gasteiger partial charge in [0.25, 0.3) is 0 Å². The molecule has 0 amide bonds. The number of benzene rings is 1. The third-order valence-electron chi connectivity index (χ3n) is 3.05. The second kappa shape index (κ2) is 4.61. The highest BCUT2D eigenvalue weighted by Crippen LogP contribution is 2.26. The van der Waals surface area contributed by atoms with Gasteiger partial charge in [-0.1, -0.05) is 11.6 Å². The Labute approximate surface area is 119 Å². The Morgan fingerprint density at radius 2 is 2.10 bits per heavy atom. The van der Waals surface area contributed by atoms with Gasteiger partial charge in [0.1, 0.15) is 0 Å². The average Bonchev–Trinajstić information content (AvgIpc) is 2.40. The summed E-state index contributed by atoms with van der Waals surface area (Å²) in [4.78, 5) is 19.9. The molecule has 0 aliphatic carbocycles. The van der Waals surface area contributed by atoms with Gasteiger partial charge < -0.3 is 5.11 Å². The van der Waals surface area contributed by atoms with E-state index in [0.29, 0.717) is 27.3 Å². The molecule has 1 N–H and O–H groups in total. The van der Waals surface area contributed by atoms with Crippen LogP contribution in [0.3, 0.4) is 0 Å². The fraction of sp³-hybridized carbons (Fsp3) is 0.0714. The van der Waals surface area contributed by atoms with E-state index in [1.54, 1.807) is 43.5 Å². The Kier molecular flexibility index (Phi) is 2.91. The van der Waals surface area contributed by atoms with Crippen LogP contribution in [0, 0.1) is 6.92 Å². The summed E-state index contributed by atoms with van der Waals surface area (Å²) in [5, 5.41) is 10.7. The highest BCUT2D eigenvalue weighted by atomic mass is 35.5. The van der Waals surface area contributed by atoms with Gasteiger partial charge in [0.05, 0.1) is 22.3 Å². The van der Waals surface area contributed by atoms with Gasteiger partial charge in [0.2, 0.25) is 5.88 Å². The quantitative estimate of drug-likeness (QED) is 0.746. The van der Waals surface area contributed by atoms with Crippen molar-refractivity contribution in [1.29, 1.82) is 0 Å². The Morgan fingerprint density at radius 3 is 2.85 bits per heavy atom. The van der Waals surface area contributed by atoms with Gasteiger partial charge >= 0.3 is 5.69 Å². The van der Waals surface area contributed by atoms with Crippen LogP contribution < -0.4 is 5.69 Å². The molecule has 0 radical (unpaired) electrons. The molecule has 3 aromatic rings. The minimum atomic E-state index is -0.576. The highest BCUT2D eigenvalue weighted by molar-refractivity contribution is 6.31. The van der Waals surface area contributed by atoms with Gasteiger partial charge in [0.15, 0.2) is 0 Å². The molecule has 0 aliphatic rings. The molecule has 0 saturated heterocycles. The van der Waals surface area contributed by atoms with E-state index in [0.717, 1.165) is 0 Å². The van der Waals surface area contributed by atoms with Crippen molar-refractivity contribution >= 4 is 22.5 Å². The summed E-state index contributed by atoms with van der Waals surface area (Å²) in [6.07, 6.45) is 1.65. The van der Waals surface area contributed by atoms with Gasteiger partial charge in [-0.25, -0.2) is 4.79 Å². The summed E-state index contributed by atoms with van der Waals surface area (Å²) >= 11 is 5.99. The minimum absolute atomic E-state index is 0.306. The molecule has 0 fully saturated rings. The van der Waals surface area contributed by atoms with E-state index >= 15 is 0 Å². The predicted molar refractivity (Wildman–Crippen MR) is 76.5 cm³/mol. The van der Waals surface area contributed by atoms with Gasteiger partial charge in [-0.05, 0) is 37.3 Å². The lowest BCUT2D eigenvalue weighted by atomic mass is 10.2. The smallest absolute Gasteiger partial charge is 0.356 e. The first-order valence-electron chi connectivity index (χ1n) is 5.91. The number of aryl methyl sites for hydroxylation is 1. The SMILES string of the molecule is Cc1ncccc1-n1c(=O)nc(O)c2ccc(Cl)cc21. The van der Waals surface area contributed by atoms with Crippen LogP contribution in [0.2, 0.25) is 5.02 Å². The maximum Gasteiger partial charge on any atom is 0.356 e. The third kappa shape index (κ3) is 1.92. The van der Waals surface area contributed by atoms with E-state index in [1.807, 2.05) is 0 Å². The van der Waals surface area contributed by atoms with Crippen LogP contribution in [0.25, 0.3) is 16.6 Å². The fourth-order valence-electron chi connectivity index (χ4n) is 2.13. The predicted octanol–water partition coefficient (Wildman–Crippen LogP) is 2.45. The Bertz CT molecular complexity index is 874. The van der Waals surface area contributed by atoms with Crippen LogP contribution in [-0.4, -0.2) is 19.6 Å². The number of pyridine rings is 1. The molecular weight excluding hydrogens is 278 g/mol. The second-order valence-corrected chi connectivity index (χ2v) is 4.76. The van der Waals surface area contributed by atoms with E-state index in [2.05, 4.69) is 9.97 Å². The Morgan fingerprint density at radius 1 is 1.30 bits per heavy atom. The number of hydrogen-bond donors (Lipinski definition) is 1. The van der Waals surface area contributed by atoms with Crippen molar-refractivity contribution in [2.24, 2.45) is 0 Å². The number of fused-ring (bicyclic) bond motifs is 1. The standard InChI is InChI=1S/C14H10ClN3O2/c1-8-11(3-2-6-16-8)18-12-7-9(15)4-5-10(12)13(19)17-14(18)20/h2-7H,1H3,(H,17,19,20). The van der Waals surface area contributed by atoms with E-state index in [1.165, 1.54) is 4.57 Å². The number of aromatic hydroxyl groups is 1. The molecule has 0 aliphatic heterocycles. The zero-order valence-electron chi connectivity index (χ0n) is 10.5. The molecule has 0 atom stereocenters. The first-order chi connectivity index (χ1) is 9.58. The zero-order valence-corrected chi connectivity index (χ0v) is 11.3. The van der Waals surface area contributed by atoms with Crippen molar-refractivity contribution in [1.82, 2.24) is 14.5 Å². The number of halogens is 1. The zero-order chi connectivity index (χ0) is 14.3. The van der Waals surface area contributed by atoms with Crippen LogP contribution in [0.5, 0.6) is 5.88 Å². The molecule has 1 aromatic carbocycles. The first kappa shape index (κ1) is 12.6. The van der Waals surface area contributed by atoms with Gasteiger partial charge in [-0.3, -0.25) is 9.55 Å². The van der Waals surface area contributed by atoms with Crippen LogP contribution in [0.4, 0.5) is 0 Å². The molecule has 6 heteroatoms. The molecule has 20 heavy (non-hydrogen) atoms. The molecule has 2 aromatic heterocycles. The highest BCUT2D eigenvalue weighted by Gasteiger charge is 2.13. The number of aromatic nitrogens is 3. The van der Waals surface area contributed by atoms with Gasteiger partial charge in [0, 0.05) is 11.2 Å². The maximum absolute atomic E-state index is 12.1. The Balaban J connectivity index is 2.50. The molecule has 0 saturated carbocycles. The Hall–Kier alpha value is -2.40. The number of rotatable bonds is 1.